The van der Waals surface area contributed by atoms with Gasteiger partial charge in [-0.2, -0.15) is 0 Å². The molecule has 2 amide bonds. The topological polar surface area (TPSA) is 98.2 Å². The van der Waals surface area contributed by atoms with Crippen LogP contribution in [0.1, 0.15) is 58.8 Å². The van der Waals surface area contributed by atoms with Crippen molar-refractivity contribution in [1.29, 1.82) is 0 Å². The lowest BCUT2D eigenvalue weighted by Crippen LogP contribution is -2.55. The molecule has 3 aliphatic heterocycles. The number of carboxylic acids is 1. The van der Waals surface area contributed by atoms with E-state index >= 15 is 0 Å². The van der Waals surface area contributed by atoms with Crippen molar-refractivity contribution in [3.63, 3.8) is 0 Å². The summed E-state index contributed by atoms with van der Waals surface area (Å²) in [5.74, 6) is -2.61. The Kier molecular flexibility index (Phi) is 7.41. The molecule has 174 valence electrons. The van der Waals surface area contributed by atoms with E-state index in [1.165, 1.54) is 0 Å². The number of carbonyl (C=O) groups is 3. The summed E-state index contributed by atoms with van der Waals surface area (Å²) in [6.07, 6.45) is 7.04. The molecule has 0 saturated carbocycles. The van der Waals surface area contributed by atoms with Crippen LogP contribution in [-0.2, 0) is 14.4 Å². The zero-order chi connectivity index (χ0) is 22.8. The standard InChI is InChI=1S/C23H36N2O5S/c1-4-6-13-24(12-5-2)20(28)18-23-11-10-22(3,31-23)17(21(29)30)16(23)19(27)25(18)14-8-7-9-15-26/h5,16-18,26H,2,4,6-15H2,1,3H3,(H,29,30)/t16-,17+,18?,22-,23?/m0/s1. The number of nitrogens with zero attached hydrogens (tertiary/aromatic N) is 2. The summed E-state index contributed by atoms with van der Waals surface area (Å²) in [5.41, 5.74) is 0. The molecule has 3 heterocycles. The van der Waals surface area contributed by atoms with Crippen LogP contribution in [0.2, 0.25) is 0 Å². The number of hydrogen-bond donors (Lipinski definition) is 2. The maximum atomic E-state index is 13.9. The van der Waals surface area contributed by atoms with Gasteiger partial charge in [0.15, 0.2) is 0 Å². The van der Waals surface area contributed by atoms with E-state index in [1.54, 1.807) is 27.6 Å². The van der Waals surface area contributed by atoms with Gasteiger partial charge in [-0.25, -0.2) is 0 Å². The van der Waals surface area contributed by atoms with E-state index in [4.69, 9.17) is 5.11 Å². The number of fused-ring (bicyclic) bond motifs is 1. The maximum Gasteiger partial charge on any atom is 0.308 e. The molecule has 0 radical (unpaired) electrons. The van der Waals surface area contributed by atoms with Gasteiger partial charge < -0.3 is 20.0 Å². The highest BCUT2D eigenvalue weighted by molar-refractivity contribution is 8.02. The van der Waals surface area contributed by atoms with Gasteiger partial charge in [0.2, 0.25) is 11.8 Å². The fourth-order valence-electron chi connectivity index (χ4n) is 5.86. The van der Waals surface area contributed by atoms with Crippen LogP contribution in [0.5, 0.6) is 0 Å². The summed E-state index contributed by atoms with van der Waals surface area (Å²) >= 11 is 1.58. The Bertz CT molecular complexity index is 731. The lowest BCUT2D eigenvalue weighted by molar-refractivity contribution is -0.150. The van der Waals surface area contributed by atoms with Crippen LogP contribution in [0.4, 0.5) is 0 Å². The average Bonchev–Trinajstić information content (AvgIpc) is 3.29. The van der Waals surface area contributed by atoms with Crippen molar-refractivity contribution < 1.29 is 24.6 Å². The van der Waals surface area contributed by atoms with E-state index in [0.29, 0.717) is 45.3 Å². The first-order valence-corrected chi connectivity index (χ1v) is 12.3. The molecule has 0 aromatic carbocycles. The summed E-state index contributed by atoms with van der Waals surface area (Å²) in [7, 11) is 0. The van der Waals surface area contributed by atoms with Gasteiger partial charge in [-0.3, -0.25) is 14.4 Å². The summed E-state index contributed by atoms with van der Waals surface area (Å²) in [6.45, 7) is 9.37. The molecule has 0 aliphatic carbocycles. The molecule has 7 nitrogen and oxygen atoms in total. The molecule has 2 N–H and O–H groups in total. The Morgan fingerprint density at radius 1 is 1.29 bits per heavy atom. The Hall–Kier alpha value is -1.54. The van der Waals surface area contributed by atoms with Crippen LogP contribution in [-0.4, -0.2) is 79.6 Å². The van der Waals surface area contributed by atoms with Crippen molar-refractivity contribution in [1.82, 2.24) is 9.80 Å². The number of carboxylic acid groups (broad SMARTS) is 1. The molecule has 2 bridgehead atoms. The largest absolute Gasteiger partial charge is 0.481 e. The van der Waals surface area contributed by atoms with Crippen LogP contribution >= 0.6 is 11.8 Å². The highest BCUT2D eigenvalue weighted by Gasteiger charge is 2.77. The van der Waals surface area contributed by atoms with E-state index in [2.05, 4.69) is 13.5 Å². The first-order chi connectivity index (χ1) is 14.8. The maximum absolute atomic E-state index is 13.9. The van der Waals surface area contributed by atoms with Crippen LogP contribution in [0.25, 0.3) is 0 Å². The summed E-state index contributed by atoms with van der Waals surface area (Å²) in [5, 5.41) is 19.1. The average molecular weight is 453 g/mol. The number of aliphatic hydroxyl groups excluding tert-OH is 1. The number of rotatable bonds is 12. The monoisotopic (exact) mass is 452 g/mol. The second-order valence-electron chi connectivity index (χ2n) is 9.31. The molecule has 2 unspecified atom stereocenters. The van der Waals surface area contributed by atoms with E-state index in [1.807, 2.05) is 6.92 Å². The van der Waals surface area contributed by atoms with E-state index in [-0.39, 0.29) is 18.4 Å². The van der Waals surface area contributed by atoms with E-state index in [9.17, 15) is 19.5 Å². The summed E-state index contributed by atoms with van der Waals surface area (Å²) in [4.78, 5) is 43.2. The van der Waals surface area contributed by atoms with Crippen molar-refractivity contribution in [2.45, 2.75) is 74.3 Å². The summed E-state index contributed by atoms with van der Waals surface area (Å²) < 4.78 is -1.19. The minimum Gasteiger partial charge on any atom is -0.481 e. The van der Waals surface area contributed by atoms with Gasteiger partial charge in [0, 0.05) is 31.0 Å². The molecule has 8 heteroatoms. The number of hydrogen-bond acceptors (Lipinski definition) is 5. The zero-order valence-electron chi connectivity index (χ0n) is 18.7. The SMILES string of the molecule is C=CCN(CCCC)C(=O)C1N(CCCCCO)C(=O)[C@@H]2[C@H](C(=O)O)[C@]3(C)CCC12S3. The number of thioether (sulfide) groups is 1. The van der Waals surface area contributed by atoms with E-state index < -0.39 is 33.3 Å². The Labute approximate surface area is 189 Å². The lowest BCUT2D eigenvalue weighted by Gasteiger charge is -2.37. The number of amides is 2. The number of aliphatic hydroxyl groups is 1. The van der Waals surface area contributed by atoms with Crippen molar-refractivity contribution in [2.24, 2.45) is 11.8 Å². The predicted molar refractivity (Wildman–Crippen MR) is 121 cm³/mol. The highest BCUT2D eigenvalue weighted by atomic mass is 32.2. The molecule has 0 aromatic rings. The molecule has 3 saturated heterocycles. The first-order valence-electron chi connectivity index (χ1n) is 11.5. The minimum absolute atomic E-state index is 0.0749. The number of carbonyl (C=O) groups excluding carboxylic acids is 2. The molecular weight excluding hydrogens is 416 g/mol. The van der Waals surface area contributed by atoms with Crippen molar-refractivity contribution >= 4 is 29.5 Å². The molecular formula is C23H36N2O5S. The minimum atomic E-state index is -0.933. The Morgan fingerprint density at radius 2 is 2.03 bits per heavy atom. The van der Waals surface area contributed by atoms with Gasteiger partial charge in [0.25, 0.3) is 0 Å². The van der Waals surface area contributed by atoms with Crippen LogP contribution in [0, 0.1) is 11.8 Å². The van der Waals surface area contributed by atoms with Gasteiger partial charge in [-0.05, 0) is 45.4 Å². The normalized spacial score (nSPS) is 33.6. The Balaban J connectivity index is 1.97. The lowest BCUT2D eigenvalue weighted by atomic mass is 9.66. The highest BCUT2D eigenvalue weighted by Crippen LogP contribution is 2.71. The van der Waals surface area contributed by atoms with Gasteiger partial charge in [0.05, 0.1) is 16.6 Å². The van der Waals surface area contributed by atoms with Crippen LogP contribution < -0.4 is 0 Å². The molecule has 3 fully saturated rings. The first kappa shape index (κ1) is 24.1. The second-order valence-corrected chi connectivity index (χ2v) is 11.2. The molecule has 5 atom stereocenters. The van der Waals surface area contributed by atoms with Crippen molar-refractivity contribution in [3.05, 3.63) is 12.7 Å². The van der Waals surface area contributed by atoms with Crippen LogP contribution in [0.3, 0.4) is 0 Å². The van der Waals surface area contributed by atoms with Gasteiger partial charge in [-0.1, -0.05) is 19.4 Å². The Morgan fingerprint density at radius 3 is 2.65 bits per heavy atom. The van der Waals surface area contributed by atoms with Gasteiger partial charge >= 0.3 is 5.97 Å². The quantitative estimate of drug-likeness (QED) is 0.349. The molecule has 1 spiro atoms. The van der Waals surface area contributed by atoms with Crippen molar-refractivity contribution in [3.8, 4) is 0 Å². The second kappa shape index (κ2) is 9.53. The fraction of sp³-hybridized carbons (Fsp3) is 0.783. The third kappa shape index (κ3) is 4.01. The molecule has 31 heavy (non-hydrogen) atoms. The predicted octanol–water partition coefficient (Wildman–Crippen LogP) is 2.53. The number of unbranched alkanes of at least 4 members (excludes halogenated alkanes) is 3. The van der Waals surface area contributed by atoms with Crippen LogP contribution in [0.15, 0.2) is 12.7 Å². The number of aliphatic carboxylic acids is 1. The van der Waals surface area contributed by atoms with E-state index in [0.717, 1.165) is 19.3 Å². The molecule has 3 aliphatic rings. The smallest absolute Gasteiger partial charge is 0.308 e. The third-order valence-corrected chi connectivity index (χ3v) is 9.26. The third-order valence-electron chi connectivity index (χ3n) is 7.28. The summed E-state index contributed by atoms with van der Waals surface area (Å²) in [6, 6.07) is -0.632. The molecule has 3 rings (SSSR count). The fourth-order valence-corrected chi connectivity index (χ4v) is 8.21. The van der Waals surface area contributed by atoms with Gasteiger partial charge in [0.1, 0.15) is 6.04 Å². The van der Waals surface area contributed by atoms with Crippen molar-refractivity contribution in [2.75, 3.05) is 26.2 Å². The molecule has 0 aromatic heterocycles. The number of likely N-dealkylation sites (tertiary alicyclic amines) is 1. The van der Waals surface area contributed by atoms with Gasteiger partial charge in [-0.15, -0.1) is 18.3 Å². The zero-order valence-corrected chi connectivity index (χ0v) is 19.5.